The van der Waals surface area contributed by atoms with E-state index in [4.69, 9.17) is 9.15 Å². The molecule has 7 nitrogen and oxygen atoms in total. The lowest BCUT2D eigenvalue weighted by atomic mass is 10.1. The second-order valence-electron chi connectivity index (χ2n) is 6.53. The third-order valence-corrected chi connectivity index (χ3v) is 6.34. The molecule has 1 aromatic carbocycles. The summed E-state index contributed by atoms with van der Waals surface area (Å²) >= 11 is 0. The number of ether oxygens (including phenoxy) is 1. The van der Waals surface area contributed by atoms with Crippen LogP contribution in [-0.4, -0.2) is 37.7 Å². The molecule has 0 radical (unpaired) electrons. The first-order valence-corrected chi connectivity index (χ1v) is 10.1. The van der Waals surface area contributed by atoms with Crippen molar-refractivity contribution in [2.75, 3.05) is 13.1 Å². The minimum atomic E-state index is -3.67. The van der Waals surface area contributed by atoms with E-state index in [9.17, 15) is 18.0 Å². The van der Waals surface area contributed by atoms with Crippen LogP contribution in [0, 0.1) is 6.92 Å². The number of piperidine rings is 1. The van der Waals surface area contributed by atoms with Crippen molar-refractivity contribution in [1.82, 2.24) is 4.31 Å². The molecule has 0 spiro atoms. The zero-order valence-electron chi connectivity index (χ0n) is 15.2. The predicted octanol–water partition coefficient (Wildman–Crippen LogP) is 2.38. The van der Waals surface area contributed by atoms with Gasteiger partial charge in [-0.05, 0) is 38.8 Å². The fourth-order valence-corrected chi connectivity index (χ4v) is 4.57. The molecule has 2 heterocycles. The van der Waals surface area contributed by atoms with Gasteiger partial charge in [0.25, 0.3) is 0 Å². The summed E-state index contributed by atoms with van der Waals surface area (Å²) in [5.41, 5.74) is -0.108. The number of rotatable bonds is 5. The zero-order chi connectivity index (χ0) is 19.6. The van der Waals surface area contributed by atoms with Gasteiger partial charge >= 0.3 is 5.63 Å². The van der Waals surface area contributed by atoms with E-state index in [-0.39, 0.29) is 16.8 Å². The van der Waals surface area contributed by atoms with Crippen molar-refractivity contribution in [1.29, 1.82) is 0 Å². The highest BCUT2D eigenvalue weighted by molar-refractivity contribution is 7.89. The highest BCUT2D eigenvalue weighted by Crippen LogP contribution is 2.24. The molecule has 3 rings (SSSR count). The third-order valence-electron chi connectivity index (χ3n) is 4.45. The number of hydrogen-bond acceptors (Lipinski definition) is 6. The summed E-state index contributed by atoms with van der Waals surface area (Å²) in [6, 6.07) is 8.99. The molecule has 0 N–H and O–H groups in total. The van der Waals surface area contributed by atoms with Gasteiger partial charge in [-0.15, -0.1) is 0 Å². The van der Waals surface area contributed by atoms with Crippen LogP contribution < -0.4 is 10.4 Å². The summed E-state index contributed by atoms with van der Waals surface area (Å²) in [6.07, 6.45) is 0.830. The summed E-state index contributed by atoms with van der Waals surface area (Å²) in [5.74, 6) is 0.712. The van der Waals surface area contributed by atoms with Crippen LogP contribution in [0.3, 0.4) is 0 Å². The second kappa shape index (κ2) is 7.66. The third kappa shape index (κ3) is 4.45. The molecule has 144 valence electrons. The minimum absolute atomic E-state index is 0.117. The molecule has 0 amide bonds. The summed E-state index contributed by atoms with van der Waals surface area (Å²) in [6.45, 7) is 3.68. The molecular formula is C19H21NO6S. The maximum atomic E-state index is 12.8. The summed E-state index contributed by atoms with van der Waals surface area (Å²) in [4.78, 5) is 23.0. The molecule has 27 heavy (non-hydrogen) atoms. The van der Waals surface area contributed by atoms with Gasteiger partial charge in [-0.1, -0.05) is 12.1 Å². The van der Waals surface area contributed by atoms with Gasteiger partial charge in [0.2, 0.25) is 10.0 Å². The lowest BCUT2D eigenvalue weighted by Gasteiger charge is -2.31. The van der Waals surface area contributed by atoms with E-state index in [1.54, 1.807) is 25.1 Å². The number of carbonyl (C=O) groups is 1. The number of Topliss-reactive ketones (excluding diaryl/α,β-unsaturated/α-hetero) is 1. The first-order valence-electron chi connectivity index (χ1n) is 8.65. The van der Waals surface area contributed by atoms with E-state index in [2.05, 4.69) is 0 Å². The van der Waals surface area contributed by atoms with Crippen molar-refractivity contribution in [3.8, 4) is 5.75 Å². The molecule has 1 aliphatic rings. The molecule has 0 saturated carbocycles. The normalized spacial score (nSPS) is 16.2. The van der Waals surface area contributed by atoms with E-state index in [0.717, 1.165) is 0 Å². The Morgan fingerprint density at radius 3 is 2.52 bits per heavy atom. The molecule has 8 heteroatoms. The van der Waals surface area contributed by atoms with Crippen molar-refractivity contribution in [2.45, 2.75) is 37.7 Å². The van der Waals surface area contributed by atoms with Gasteiger partial charge in [0.1, 0.15) is 17.6 Å². The van der Waals surface area contributed by atoms with Gasteiger partial charge in [-0.3, -0.25) is 4.79 Å². The Kier molecular flexibility index (Phi) is 5.48. The molecule has 0 unspecified atom stereocenters. The minimum Gasteiger partial charge on any atom is -0.490 e. The van der Waals surface area contributed by atoms with Gasteiger partial charge in [0, 0.05) is 24.7 Å². The Hall–Kier alpha value is -2.45. The first-order chi connectivity index (χ1) is 12.8. The van der Waals surface area contributed by atoms with Crippen LogP contribution in [0.4, 0.5) is 0 Å². The quantitative estimate of drug-likeness (QED) is 0.727. The fraction of sp³-hybridized carbons (Fsp3) is 0.368. The highest BCUT2D eigenvalue weighted by atomic mass is 32.2. The van der Waals surface area contributed by atoms with Crippen molar-refractivity contribution in [3.63, 3.8) is 0 Å². The summed E-state index contributed by atoms with van der Waals surface area (Å²) in [5, 5.41) is 0. The Balaban J connectivity index is 1.68. The summed E-state index contributed by atoms with van der Waals surface area (Å²) < 4.78 is 37.8. The van der Waals surface area contributed by atoms with Crippen molar-refractivity contribution in [2.24, 2.45) is 0 Å². The molecule has 0 bridgehead atoms. The van der Waals surface area contributed by atoms with E-state index in [1.807, 2.05) is 0 Å². The first kappa shape index (κ1) is 19.3. The maximum Gasteiger partial charge on any atom is 0.339 e. The Morgan fingerprint density at radius 1 is 1.19 bits per heavy atom. The lowest BCUT2D eigenvalue weighted by Crippen LogP contribution is -2.41. The van der Waals surface area contributed by atoms with Crippen LogP contribution >= 0.6 is 0 Å². The number of carbonyl (C=O) groups excluding carboxylic acids is 1. The number of hydrogen-bond donors (Lipinski definition) is 0. The highest BCUT2D eigenvalue weighted by Gasteiger charge is 2.30. The molecule has 2 aromatic rings. The number of nitrogens with zero attached hydrogens (tertiary/aromatic N) is 1. The second-order valence-corrected chi connectivity index (χ2v) is 8.47. The molecular weight excluding hydrogens is 370 g/mol. The monoisotopic (exact) mass is 391 g/mol. The topological polar surface area (TPSA) is 93.9 Å². The Labute approximate surface area is 157 Å². The van der Waals surface area contributed by atoms with Gasteiger partial charge in [-0.25, -0.2) is 13.2 Å². The zero-order valence-corrected chi connectivity index (χ0v) is 16.0. The van der Waals surface area contributed by atoms with Crippen LogP contribution in [0.5, 0.6) is 5.75 Å². The molecule has 0 atom stereocenters. The number of ketones is 1. The summed E-state index contributed by atoms with van der Waals surface area (Å²) in [7, 11) is -3.67. The van der Waals surface area contributed by atoms with Gasteiger partial charge in [-0.2, -0.15) is 4.31 Å². The molecule has 1 fully saturated rings. The van der Waals surface area contributed by atoms with Crippen LogP contribution in [0.25, 0.3) is 0 Å². The fourth-order valence-electron chi connectivity index (χ4n) is 3.05. The molecule has 1 aliphatic heterocycles. The molecule has 1 saturated heterocycles. The van der Waals surface area contributed by atoms with Gasteiger partial charge < -0.3 is 9.15 Å². The average Bonchev–Trinajstić information content (AvgIpc) is 2.61. The maximum absolute atomic E-state index is 12.8. The van der Waals surface area contributed by atoms with Crippen LogP contribution in [0.1, 0.15) is 35.9 Å². The van der Waals surface area contributed by atoms with Crippen LogP contribution in [0.2, 0.25) is 0 Å². The van der Waals surface area contributed by atoms with Crippen molar-refractivity contribution in [3.05, 3.63) is 58.1 Å². The van der Waals surface area contributed by atoms with E-state index < -0.39 is 15.6 Å². The predicted molar refractivity (Wildman–Crippen MR) is 98.6 cm³/mol. The largest absolute Gasteiger partial charge is 0.490 e. The number of benzene rings is 1. The van der Waals surface area contributed by atoms with Crippen molar-refractivity contribution < 1.29 is 22.4 Å². The van der Waals surface area contributed by atoms with E-state index in [1.165, 1.54) is 29.4 Å². The van der Waals surface area contributed by atoms with Crippen LogP contribution in [0.15, 0.2) is 50.5 Å². The van der Waals surface area contributed by atoms with Gasteiger partial charge in [0.15, 0.2) is 5.78 Å². The molecule has 0 aliphatic carbocycles. The number of sulfonamides is 1. The van der Waals surface area contributed by atoms with Crippen LogP contribution in [-0.2, 0) is 10.0 Å². The standard InChI is InChI=1S/C19H21NO6S/c1-13-10-17(12-19(22)25-13)26-16-6-8-20(9-7-16)27(23,24)18-5-3-4-15(11-18)14(2)21/h3-5,10-12,16H,6-9H2,1-2H3. The number of aryl methyl sites for hydroxylation is 1. The van der Waals surface area contributed by atoms with E-state index >= 15 is 0 Å². The smallest absolute Gasteiger partial charge is 0.339 e. The Morgan fingerprint density at radius 2 is 1.89 bits per heavy atom. The van der Waals surface area contributed by atoms with Gasteiger partial charge in [0.05, 0.1) is 11.0 Å². The van der Waals surface area contributed by atoms with Crippen molar-refractivity contribution >= 4 is 15.8 Å². The Bertz CT molecular complexity index is 1000. The van der Waals surface area contributed by atoms with E-state index in [0.29, 0.717) is 43.0 Å². The molecule has 1 aromatic heterocycles. The average molecular weight is 391 g/mol. The SMILES string of the molecule is CC(=O)c1cccc(S(=O)(=O)N2CCC(Oc3cc(C)oc(=O)c3)CC2)c1. The lowest BCUT2D eigenvalue weighted by molar-refractivity contribution is 0.101.